The molecule has 0 aliphatic carbocycles. The zero-order valence-corrected chi connectivity index (χ0v) is 13.3. The van der Waals surface area contributed by atoms with Gasteiger partial charge in [0.2, 0.25) is 5.91 Å². The first kappa shape index (κ1) is 17.3. The molecule has 1 saturated heterocycles. The van der Waals surface area contributed by atoms with Crippen molar-refractivity contribution >= 4 is 23.6 Å². The van der Waals surface area contributed by atoms with Gasteiger partial charge in [0.25, 0.3) is 0 Å². The summed E-state index contributed by atoms with van der Waals surface area (Å²) in [6.07, 6.45) is 0.0592. The van der Waals surface area contributed by atoms with E-state index in [0.29, 0.717) is 13.1 Å². The Hall–Kier alpha value is -0.790. The highest BCUT2D eigenvalue weighted by Gasteiger charge is 2.34. The Morgan fingerprint density at radius 2 is 1.90 bits per heavy atom. The van der Waals surface area contributed by atoms with Gasteiger partial charge in [-0.05, 0) is 27.7 Å². The van der Waals surface area contributed by atoms with Crippen molar-refractivity contribution in [1.82, 2.24) is 4.90 Å². The van der Waals surface area contributed by atoms with Gasteiger partial charge < -0.3 is 20.5 Å². The second kappa shape index (κ2) is 6.78. The third kappa shape index (κ3) is 4.64. The third-order valence-corrected chi connectivity index (χ3v) is 4.74. The summed E-state index contributed by atoms with van der Waals surface area (Å²) >= 11 is 1.28. The molecule has 1 rings (SSSR count). The molecule has 0 bridgehead atoms. The molecule has 0 aromatic heterocycles. The topological polar surface area (TPSA) is 92.9 Å². The molecular weight excluding hydrogens is 280 g/mol. The van der Waals surface area contributed by atoms with Gasteiger partial charge in [0, 0.05) is 17.8 Å². The fourth-order valence-electron chi connectivity index (χ4n) is 2.11. The van der Waals surface area contributed by atoms with E-state index in [1.54, 1.807) is 18.7 Å². The number of aliphatic carboxylic acids is 1. The van der Waals surface area contributed by atoms with E-state index in [0.717, 1.165) is 0 Å². The first-order valence-corrected chi connectivity index (χ1v) is 7.67. The predicted molar refractivity (Wildman–Crippen MR) is 78.7 cm³/mol. The van der Waals surface area contributed by atoms with Crippen LogP contribution in [0.2, 0.25) is 0 Å². The number of rotatable bonds is 5. The number of carboxylic acids is 1. The molecule has 1 amide bonds. The molecule has 3 N–H and O–H groups in total. The highest BCUT2D eigenvalue weighted by molar-refractivity contribution is 8.01. The summed E-state index contributed by atoms with van der Waals surface area (Å²) in [5.41, 5.74) is 5.64. The van der Waals surface area contributed by atoms with E-state index in [4.69, 9.17) is 15.6 Å². The molecule has 6 nitrogen and oxygen atoms in total. The van der Waals surface area contributed by atoms with Gasteiger partial charge in [-0.2, -0.15) is 0 Å². The molecule has 1 heterocycles. The van der Waals surface area contributed by atoms with Gasteiger partial charge in [0.15, 0.2) is 0 Å². The maximum absolute atomic E-state index is 12.2. The van der Waals surface area contributed by atoms with Crippen molar-refractivity contribution in [3.63, 3.8) is 0 Å². The average molecular weight is 304 g/mol. The fourth-order valence-corrected chi connectivity index (χ4v) is 3.07. The lowest BCUT2D eigenvalue weighted by Crippen LogP contribution is -2.50. The van der Waals surface area contributed by atoms with Crippen LogP contribution in [0, 0.1) is 0 Å². The number of carboxylic acid groups (broad SMARTS) is 1. The number of amides is 1. The number of carbonyl (C=O) groups is 2. The summed E-state index contributed by atoms with van der Waals surface area (Å²) in [5.74, 6) is -0.820. The molecule has 20 heavy (non-hydrogen) atoms. The standard InChI is InChI=1S/C13H24N2O4S/c1-8-5-15(6-9(2)19-8)10(16)7-20-13(3,4)11(14)12(17)18/h8-9,11H,5-7,14H2,1-4H3,(H,17,18)/t8?,9?,11-/m0/s1. The van der Waals surface area contributed by atoms with Gasteiger partial charge in [0.05, 0.1) is 18.0 Å². The number of nitrogens with zero attached hydrogens (tertiary/aromatic N) is 1. The number of nitrogens with two attached hydrogens (primary N) is 1. The summed E-state index contributed by atoms with van der Waals surface area (Å²) in [7, 11) is 0. The fraction of sp³-hybridized carbons (Fsp3) is 0.846. The minimum atomic E-state index is -1.05. The Morgan fingerprint density at radius 3 is 2.35 bits per heavy atom. The molecule has 0 aromatic carbocycles. The maximum atomic E-state index is 12.2. The summed E-state index contributed by atoms with van der Waals surface area (Å²) in [4.78, 5) is 24.9. The van der Waals surface area contributed by atoms with Crippen molar-refractivity contribution in [1.29, 1.82) is 0 Å². The SMILES string of the molecule is CC1CN(C(=O)CSC(C)(C)[C@@H](N)C(=O)O)CC(C)O1. The van der Waals surface area contributed by atoms with E-state index >= 15 is 0 Å². The Bertz CT molecular complexity index is 365. The van der Waals surface area contributed by atoms with Crippen molar-refractivity contribution in [3.05, 3.63) is 0 Å². The van der Waals surface area contributed by atoms with E-state index in [9.17, 15) is 9.59 Å². The van der Waals surface area contributed by atoms with E-state index in [1.165, 1.54) is 11.8 Å². The molecule has 0 radical (unpaired) electrons. The zero-order chi connectivity index (χ0) is 15.5. The Kier molecular flexibility index (Phi) is 5.85. The van der Waals surface area contributed by atoms with Crippen LogP contribution in [0.3, 0.4) is 0 Å². The van der Waals surface area contributed by atoms with Crippen LogP contribution in [-0.2, 0) is 14.3 Å². The molecular formula is C13H24N2O4S. The normalized spacial score (nSPS) is 25.4. The van der Waals surface area contributed by atoms with Crippen molar-refractivity contribution < 1.29 is 19.4 Å². The number of carbonyl (C=O) groups excluding carboxylic acids is 1. The van der Waals surface area contributed by atoms with Crippen molar-refractivity contribution in [2.45, 2.75) is 50.7 Å². The van der Waals surface area contributed by atoms with Crippen LogP contribution < -0.4 is 5.73 Å². The monoisotopic (exact) mass is 304 g/mol. The number of hydrogen-bond acceptors (Lipinski definition) is 5. The van der Waals surface area contributed by atoms with Gasteiger partial charge in [-0.15, -0.1) is 11.8 Å². The Labute approximate surface area is 124 Å². The van der Waals surface area contributed by atoms with E-state index in [-0.39, 0.29) is 23.9 Å². The summed E-state index contributed by atoms with van der Waals surface area (Å²) in [6.45, 7) is 8.52. The smallest absolute Gasteiger partial charge is 0.321 e. The first-order valence-electron chi connectivity index (χ1n) is 6.69. The Morgan fingerprint density at radius 1 is 1.40 bits per heavy atom. The second-order valence-electron chi connectivity index (χ2n) is 5.76. The summed E-state index contributed by atoms with van der Waals surface area (Å²) in [5, 5.41) is 8.95. The van der Waals surface area contributed by atoms with Crippen LogP contribution in [0.25, 0.3) is 0 Å². The number of ether oxygens (including phenoxy) is 1. The molecule has 0 saturated carbocycles. The number of thioether (sulfide) groups is 1. The minimum Gasteiger partial charge on any atom is -0.480 e. The lowest BCUT2D eigenvalue weighted by atomic mass is 10.1. The summed E-state index contributed by atoms with van der Waals surface area (Å²) < 4.78 is 4.89. The van der Waals surface area contributed by atoms with Gasteiger partial charge in [0.1, 0.15) is 6.04 Å². The van der Waals surface area contributed by atoms with Gasteiger partial charge in [-0.1, -0.05) is 0 Å². The van der Waals surface area contributed by atoms with Gasteiger partial charge in [-0.3, -0.25) is 9.59 Å². The maximum Gasteiger partial charge on any atom is 0.321 e. The minimum absolute atomic E-state index is 0.00247. The van der Waals surface area contributed by atoms with E-state index < -0.39 is 16.8 Å². The molecule has 3 atom stereocenters. The highest BCUT2D eigenvalue weighted by atomic mass is 32.2. The molecule has 116 valence electrons. The molecule has 1 fully saturated rings. The second-order valence-corrected chi connectivity index (χ2v) is 7.39. The van der Waals surface area contributed by atoms with Crippen LogP contribution in [0.5, 0.6) is 0 Å². The first-order chi connectivity index (χ1) is 9.13. The lowest BCUT2D eigenvalue weighted by molar-refractivity contribution is -0.140. The van der Waals surface area contributed by atoms with Crippen LogP contribution >= 0.6 is 11.8 Å². The highest BCUT2D eigenvalue weighted by Crippen LogP contribution is 2.28. The molecule has 1 aliphatic heterocycles. The zero-order valence-electron chi connectivity index (χ0n) is 12.5. The summed E-state index contributed by atoms with van der Waals surface area (Å²) in [6, 6.07) is -0.997. The van der Waals surface area contributed by atoms with Gasteiger partial charge >= 0.3 is 5.97 Å². The number of hydrogen-bond donors (Lipinski definition) is 2. The predicted octanol–water partition coefficient (Wildman–Crippen LogP) is 0.546. The van der Waals surface area contributed by atoms with Crippen molar-refractivity contribution in [3.8, 4) is 0 Å². The van der Waals surface area contributed by atoms with Crippen molar-refractivity contribution in [2.75, 3.05) is 18.8 Å². The number of morpholine rings is 1. The molecule has 1 aliphatic rings. The van der Waals surface area contributed by atoms with E-state index in [1.807, 2.05) is 13.8 Å². The van der Waals surface area contributed by atoms with Gasteiger partial charge in [-0.25, -0.2) is 0 Å². The molecule has 0 spiro atoms. The molecule has 0 aromatic rings. The van der Waals surface area contributed by atoms with Crippen LogP contribution in [-0.4, -0.2) is 63.7 Å². The third-order valence-electron chi connectivity index (χ3n) is 3.35. The Balaban J connectivity index is 2.52. The van der Waals surface area contributed by atoms with Crippen LogP contribution in [0.15, 0.2) is 0 Å². The lowest BCUT2D eigenvalue weighted by Gasteiger charge is -2.36. The van der Waals surface area contributed by atoms with E-state index in [2.05, 4.69) is 0 Å². The average Bonchev–Trinajstić information content (AvgIpc) is 2.33. The largest absolute Gasteiger partial charge is 0.480 e. The van der Waals surface area contributed by atoms with Crippen molar-refractivity contribution in [2.24, 2.45) is 5.73 Å². The van der Waals surface area contributed by atoms with Crippen LogP contribution in [0.4, 0.5) is 0 Å². The quantitative estimate of drug-likeness (QED) is 0.770. The van der Waals surface area contributed by atoms with Crippen LogP contribution in [0.1, 0.15) is 27.7 Å². The molecule has 2 unspecified atom stereocenters. The molecule has 7 heteroatoms.